The first-order valence-corrected chi connectivity index (χ1v) is 10.5. The van der Waals surface area contributed by atoms with Crippen LogP contribution in [0.15, 0.2) is 46.0 Å². The van der Waals surface area contributed by atoms with E-state index in [4.69, 9.17) is 5.73 Å². The third-order valence-corrected chi connectivity index (χ3v) is 6.44. The second-order valence-corrected chi connectivity index (χ2v) is 8.52. The summed E-state index contributed by atoms with van der Waals surface area (Å²) in [4.78, 5) is 12.4. The third kappa shape index (κ3) is 5.55. The molecule has 2 rings (SSSR count). The number of thiophene rings is 1. The minimum atomic E-state index is -3.64. The summed E-state index contributed by atoms with van der Waals surface area (Å²) in [5.74, 6) is -0.260. The summed E-state index contributed by atoms with van der Waals surface area (Å²) in [6, 6.07) is 9.54. The number of sulfonamides is 1. The molecule has 0 fully saturated rings. The van der Waals surface area contributed by atoms with Gasteiger partial charge in [-0.15, -0.1) is 11.3 Å². The Morgan fingerprint density at radius 2 is 2.08 bits per heavy atom. The van der Waals surface area contributed by atoms with E-state index < -0.39 is 10.0 Å². The van der Waals surface area contributed by atoms with Crippen molar-refractivity contribution in [2.24, 2.45) is 5.73 Å². The summed E-state index contributed by atoms with van der Waals surface area (Å²) >= 11 is 1.13. The largest absolute Gasteiger partial charge is 0.348 e. The van der Waals surface area contributed by atoms with E-state index in [0.717, 1.165) is 30.6 Å². The molecule has 1 aromatic carbocycles. The number of nitrogens with one attached hydrogen (secondary N) is 2. The molecule has 0 saturated heterocycles. The number of carbonyl (C=O) groups is 1. The summed E-state index contributed by atoms with van der Waals surface area (Å²) in [5, 5.41) is 4.59. The minimum Gasteiger partial charge on any atom is -0.348 e. The molecule has 0 bridgehead atoms. The number of hydrogen-bond acceptors (Lipinski definition) is 5. The molecule has 6 nitrogen and oxygen atoms in total. The first-order valence-electron chi connectivity index (χ1n) is 8.13. The number of anilines is 1. The smallest absolute Gasteiger partial charge is 0.271 e. The highest BCUT2D eigenvalue weighted by molar-refractivity contribution is 7.94. The van der Waals surface area contributed by atoms with Gasteiger partial charge in [-0.3, -0.25) is 9.52 Å². The van der Waals surface area contributed by atoms with Gasteiger partial charge in [0.25, 0.3) is 15.9 Å². The number of hydrogen-bond donors (Lipinski definition) is 3. The third-order valence-electron chi connectivity index (χ3n) is 3.66. The molecule has 25 heavy (non-hydrogen) atoms. The highest BCUT2D eigenvalue weighted by atomic mass is 32.2. The second-order valence-electron chi connectivity index (χ2n) is 5.67. The molecule has 0 aliphatic rings. The molecule has 0 aliphatic carbocycles. The predicted molar refractivity (Wildman–Crippen MR) is 101 cm³/mol. The first-order chi connectivity index (χ1) is 12.0. The lowest BCUT2D eigenvalue weighted by atomic mass is 10.1. The number of unbranched alkanes of at least 4 members (excludes halogenated alkanes) is 1. The van der Waals surface area contributed by atoms with Crippen molar-refractivity contribution in [2.45, 2.75) is 36.4 Å². The van der Waals surface area contributed by atoms with Crippen molar-refractivity contribution < 1.29 is 13.2 Å². The summed E-state index contributed by atoms with van der Waals surface area (Å²) in [6.45, 7) is 2.45. The number of carbonyl (C=O) groups excluding carboxylic acids is 1. The maximum Gasteiger partial charge on any atom is 0.271 e. The molecule has 1 amide bonds. The quantitative estimate of drug-likeness (QED) is 0.621. The van der Waals surface area contributed by atoms with Gasteiger partial charge in [-0.25, -0.2) is 8.42 Å². The Balaban J connectivity index is 2.09. The van der Waals surface area contributed by atoms with Crippen LogP contribution in [0.1, 0.15) is 36.5 Å². The van der Waals surface area contributed by atoms with Gasteiger partial charge in [-0.1, -0.05) is 31.9 Å². The molecule has 1 atom stereocenters. The average Bonchev–Trinajstić information content (AvgIpc) is 3.14. The van der Waals surface area contributed by atoms with E-state index >= 15 is 0 Å². The molecule has 4 N–H and O–H groups in total. The van der Waals surface area contributed by atoms with Crippen LogP contribution in [-0.4, -0.2) is 26.9 Å². The van der Waals surface area contributed by atoms with Crippen molar-refractivity contribution in [3.63, 3.8) is 0 Å². The Morgan fingerprint density at radius 3 is 2.72 bits per heavy atom. The van der Waals surface area contributed by atoms with Crippen molar-refractivity contribution in [3.8, 4) is 0 Å². The van der Waals surface area contributed by atoms with Crippen LogP contribution in [0, 0.1) is 0 Å². The fourth-order valence-corrected chi connectivity index (χ4v) is 4.36. The SMILES string of the molecule is CCCCC(CN)NC(=O)c1cccc(NS(=O)(=O)c2cccs2)c1. The number of nitrogens with two attached hydrogens (primary N) is 1. The predicted octanol–water partition coefficient (Wildman–Crippen LogP) is 2.80. The molecule has 0 aliphatic heterocycles. The van der Waals surface area contributed by atoms with Crippen molar-refractivity contribution >= 4 is 33.0 Å². The van der Waals surface area contributed by atoms with E-state index in [-0.39, 0.29) is 16.2 Å². The van der Waals surface area contributed by atoms with Crippen LogP contribution in [-0.2, 0) is 10.0 Å². The molecule has 2 aromatic rings. The van der Waals surface area contributed by atoms with Crippen LogP contribution in [0.4, 0.5) is 5.69 Å². The van der Waals surface area contributed by atoms with Gasteiger partial charge >= 0.3 is 0 Å². The van der Waals surface area contributed by atoms with Gasteiger partial charge in [-0.05, 0) is 36.1 Å². The molecule has 1 heterocycles. The topological polar surface area (TPSA) is 101 Å². The Hall–Kier alpha value is -1.90. The van der Waals surface area contributed by atoms with Crippen molar-refractivity contribution in [2.75, 3.05) is 11.3 Å². The van der Waals surface area contributed by atoms with E-state index in [9.17, 15) is 13.2 Å². The highest BCUT2D eigenvalue weighted by Gasteiger charge is 2.17. The van der Waals surface area contributed by atoms with Crippen molar-refractivity contribution in [1.82, 2.24) is 5.32 Å². The lowest BCUT2D eigenvalue weighted by molar-refractivity contribution is 0.0936. The van der Waals surface area contributed by atoms with E-state index in [1.165, 1.54) is 12.1 Å². The van der Waals surface area contributed by atoms with Crippen LogP contribution in [0.5, 0.6) is 0 Å². The molecular formula is C17H23N3O3S2. The maximum absolute atomic E-state index is 12.4. The molecule has 0 radical (unpaired) electrons. The minimum absolute atomic E-state index is 0.0843. The fraction of sp³-hybridized carbons (Fsp3) is 0.353. The van der Waals surface area contributed by atoms with Gasteiger partial charge in [-0.2, -0.15) is 0 Å². The Bertz CT molecular complexity index is 789. The average molecular weight is 382 g/mol. The van der Waals surface area contributed by atoms with Crippen LogP contribution >= 0.6 is 11.3 Å². The molecule has 136 valence electrons. The summed E-state index contributed by atoms with van der Waals surface area (Å²) in [6.07, 6.45) is 2.85. The summed E-state index contributed by atoms with van der Waals surface area (Å²) < 4.78 is 27.3. The normalized spacial score (nSPS) is 12.6. The Labute approximate surface area is 152 Å². The van der Waals surface area contributed by atoms with E-state index in [1.807, 2.05) is 0 Å². The molecule has 0 saturated carbocycles. The zero-order valence-electron chi connectivity index (χ0n) is 14.1. The fourth-order valence-electron chi connectivity index (χ4n) is 2.31. The van der Waals surface area contributed by atoms with Gasteiger partial charge in [0.05, 0.1) is 0 Å². The van der Waals surface area contributed by atoms with Crippen LogP contribution in [0.3, 0.4) is 0 Å². The molecule has 8 heteroatoms. The standard InChI is InChI=1S/C17H23N3O3S2/c1-2-3-7-15(12-18)19-17(21)13-6-4-8-14(11-13)20-25(22,23)16-9-5-10-24-16/h4-6,8-11,15,20H,2-3,7,12,18H2,1H3,(H,19,21). The number of rotatable bonds is 9. The molecule has 1 aromatic heterocycles. The second kappa shape index (κ2) is 8.98. The van der Waals surface area contributed by atoms with E-state index in [2.05, 4.69) is 17.0 Å². The van der Waals surface area contributed by atoms with Crippen LogP contribution in [0.2, 0.25) is 0 Å². The van der Waals surface area contributed by atoms with Gasteiger partial charge in [0, 0.05) is 23.8 Å². The zero-order valence-corrected chi connectivity index (χ0v) is 15.7. The molecule has 0 spiro atoms. The number of amides is 1. The number of benzene rings is 1. The Morgan fingerprint density at radius 1 is 1.28 bits per heavy atom. The highest BCUT2D eigenvalue weighted by Crippen LogP contribution is 2.20. The van der Waals surface area contributed by atoms with Crippen LogP contribution in [0.25, 0.3) is 0 Å². The first kappa shape index (κ1) is 19.4. The van der Waals surface area contributed by atoms with Crippen molar-refractivity contribution in [3.05, 3.63) is 47.3 Å². The molecule has 1 unspecified atom stereocenters. The van der Waals surface area contributed by atoms with Gasteiger partial charge < -0.3 is 11.1 Å². The lowest BCUT2D eigenvalue weighted by Gasteiger charge is -2.17. The molecular weight excluding hydrogens is 358 g/mol. The van der Waals surface area contributed by atoms with Crippen LogP contribution < -0.4 is 15.8 Å². The van der Waals surface area contributed by atoms with Gasteiger partial charge in [0.2, 0.25) is 0 Å². The summed E-state index contributed by atoms with van der Waals surface area (Å²) in [7, 11) is -3.64. The maximum atomic E-state index is 12.4. The lowest BCUT2D eigenvalue weighted by Crippen LogP contribution is -2.40. The van der Waals surface area contributed by atoms with Crippen molar-refractivity contribution in [1.29, 1.82) is 0 Å². The summed E-state index contributed by atoms with van der Waals surface area (Å²) in [5.41, 5.74) is 6.44. The van der Waals surface area contributed by atoms with E-state index in [0.29, 0.717) is 17.8 Å². The van der Waals surface area contributed by atoms with Gasteiger partial charge in [0.15, 0.2) is 0 Å². The van der Waals surface area contributed by atoms with Gasteiger partial charge in [0.1, 0.15) is 4.21 Å². The Kier molecular flexibility index (Phi) is 6.98. The monoisotopic (exact) mass is 381 g/mol. The van der Waals surface area contributed by atoms with E-state index in [1.54, 1.807) is 29.6 Å². The zero-order chi connectivity index (χ0) is 18.3.